The van der Waals surface area contributed by atoms with Crippen molar-refractivity contribution in [2.24, 2.45) is 5.92 Å². The van der Waals surface area contributed by atoms with Crippen molar-refractivity contribution in [3.8, 4) is 0 Å². The summed E-state index contributed by atoms with van der Waals surface area (Å²) < 4.78 is 16.5. The molecule has 3 heterocycles. The molecule has 1 aliphatic rings. The molecule has 1 atom stereocenters. The van der Waals surface area contributed by atoms with E-state index in [1.807, 2.05) is 18.2 Å². The van der Waals surface area contributed by atoms with E-state index in [9.17, 15) is 4.79 Å². The Morgan fingerprint density at radius 3 is 3.08 bits per heavy atom. The number of hydrogen-bond acceptors (Lipinski definition) is 5. The van der Waals surface area contributed by atoms with Gasteiger partial charge in [-0.05, 0) is 31.0 Å². The fourth-order valence-electron chi connectivity index (χ4n) is 3.38. The number of carbonyl (C=O) groups excluding carboxylic acids is 1. The monoisotopic (exact) mass is 340 g/mol. The van der Waals surface area contributed by atoms with Crippen molar-refractivity contribution >= 4 is 16.9 Å². The summed E-state index contributed by atoms with van der Waals surface area (Å²) in [6.07, 6.45) is 3.85. The molecule has 0 radical (unpaired) electrons. The third-order valence-corrected chi connectivity index (χ3v) is 4.66. The molecule has 6 nitrogen and oxygen atoms in total. The molecule has 0 spiro atoms. The topological polar surface area (TPSA) is 68.7 Å². The second kappa shape index (κ2) is 6.72. The summed E-state index contributed by atoms with van der Waals surface area (Å²) in [4.78, 5) is 18.5. The van der Waals surface area contributed by atoms with Crippen LogP contribution in [0.1, 0.15) is 21.8 Å². The van der Waals surface area contributed by atoms with Gasteiger partial charge in [-0.25, -0.2) is 4.98 Å². The lowest BCUT2D eigenvalue weighted by Gasteiger charge is -2.23. The maximum absolute atomic E-state index is 12.7. The van der Waals surface area contributed by atoms with Gasteiger partial charge in [0.2, 0.25) is 5.76 Å². The van der Waals surface area contributed by atoms with Crippen molar-refractivity contribution in [1.82, 2.24) is 9.88 Å². The SMILES string of the molecule is Cc1ncoc1C(=O)N1CCOC[C@@H](Cc2cccc3occc23)C1. The number of hydrogen-bond donors (Lipinski definition) is 0. The Balaban J connectivity index is 1.53. The van der Waals surface area contributed by atoms with E-state index in [-0.39, 0.29) is 11.8 Å². The van der Waals surface area contributed by atoms with Gasteiger partial charge in [0.25, 0.3) is 5.91 Å². The zero-order valence-electron chi connectivity index (χ0n) is 14.1. The quantitative estimate of drug-likeness (QED) is 0.733. The van der Waals surface area contributed by atoms with Crippen LogP contribution in [-0.2, 0) is 11.2 Å². The minimum atomic E-state index is -0.119. The standard InChI is InChI=1S/C19H20N2O4/c1-13-18(25-12-20-13)19(22)21-6-8-23-11-14(10-21)9-15-3-2-4-17-16(15)5-7-24-17/h2-5,7,12,14H,6,8-11H2,1H3/t14-/m0/s1. The molecule has 0 N–H and O–H groups in total. The number of furan rings is 1. The molecule has 25 heavy (non-hydrogen) atoms. The van der Waals surface area contributed by atoms with Crippen LogP contribution in [0, 0.1) is 12.8 Å². The summed E-state index contributed by atoms with van der Waals surface area (Å²) in [6, 6.07) is 8.06. The molecule has 0 bridgehead atoms. The van der Waals surface area contributed by atoms with Crippen LogP contribution < -0.4 is 0 Å². The van der Waals surface area contributed by atoms with E-state index < -0.39 is 0 Å². The number of carbonyl (C=O) groups is 1. The molecule has 1 fully saturated rings. The molecule has 2 aromatic heterocycles. The van der Waals surface area contributed by atoms with Crippen LogP contribution in [0.4, 0.5) is 0 Å². The maximum Gasteiger partial charge on any atom is 0.291 e. The Hall–Kier alpha value is -2.60. The van der Waals surface area contributed by atoms with Gasteiger partial charge in [-0.15, -0.1) is 0 Å². The first-order valence-corrected chi connectivity index (χ1v) is 8.44. The minimum Gasteiger partial charge on any atom is -0.464 e. The predicted molar refractivity (Wildman–Crippen MR) is 91.4 cm³/mol. The second-order valence-corrected chi connectivity index (χ2v) is 6.41. The zero-order valence-corrected chi connectivity index (χ0v) is 14.1. The minimum absolute atomic E-state index is 0.119. The highest BCUT2D eigenvalue weighted by molar-refractivity contribution is 5.92. The molecule has 1 aromatic carbocycles. The van der Waals surface area contributed by atoms with Gasteiger partial charge in [-0.3, -0.25) is 4.79 Å². The lowest BCUT2D eigenvalue weighted by atomic mass is 9.97. The van der Waals surface area contributed by atoms with Crippen molar-refractivity contribution in [3.63, 3.8) is 0 Å². The summed E-state index contributed by atoms with van der Waals surface area (Å²) in [5.74, 6) is 0.416. The number of aryl methyl sites for hydroxylation is 1. The Morgan fingerprint density at radius 2 is 2.24 bits per heavy atom. The molecular formula is C19H20N2O4. The summed E-state index contributed by atoms with van der Waals surface area (Å²) in [6.45, 7) is 4.14. The fourth-order valence-corrected chi connectivity index (χ4v) is 3.38. The number of aromatic nitrogens is 1. The van der Waals surface area contributed by atoms with E-state index in [1.54, 1.807) is 18.1 Å². The Kier molecular flexibility index (Phi) is 4.28. The Morgan fingerprint density at radius 1 is 1.32 bits per heavy atom. The molecule has 1 saturated heterocycles. The zero-order chi connectivity index (χ0) is 17.2. The number of benzene rings is 1. The first-order chi connectivity index (χ1) is 12.2. The maximum atomic E-state index is 12.7. The number of rotatable bonds is 3. The van der Waals surface area contributed by atoms with Gasteiger partial charge in [0.15, 0.2) is 6.39 Å². The lowest BCUT2D eigenvalue weighted by molar-refractivity contribution is 0.0704. The Labute approximate surface area is 145 Å². The van der Waals surface area contributed by atoms with Gasteiger partial charge in [-0.1, -0.05) is 12.1 Å². The lowest BCUT2D eigenvalue weighted by Crippen LogP contribution is -2.36. The average Bonchev–Trinajstić information content (AvgIpc) is 3.19. The molecule has 6 heteroatoms. The van der Waals surface area contributed by atoms with E-state index in [0.29, 0.717) is 37.8 Å². The number of ether oxygens (including phenoxy) is 1. The Bertz CT molecular complexity index is 882. The molecule has 4 rings (SSSR count). The van der Waals surface area contributed by atoms with Crippen molar-refractivity contribution in [2.75, 3.05) is 26.3 Å². The molecule has 1 amide bonds. The van der Waals surface area contributed by atoms with Gasteiger partial charge in [-0.2, -0.15) is 0 Å². The van der Waals surface area contributed by atoms with E-state index in [0.717, 1.165) is 17.4 Å². The van der Waals surface area contributed by atoms with Crippen molar-refractivity contribution in [3.05, 3.63) is 53.9 Å². The van der Waals surface area contributed by atoms with E-state index in [2.05, 4.69) is 11.1 Å². The molecule has 1 aliphatic heterocycles. The predicted octanol–water partition coefficient (Wildman–Crippen LogP) is 3.06. The van der Waals surface area contributed by atoms with Crippen LogP contribution in [0.25, 0.3) is 11.0 Å². The van der Waals surface area contributed by atoms with Crippen LogP contribution in [-0.4, -0.2) is 42.1 Å². The van der Waals surface area contributed by atoms with Crippen LogP contribution >= 0.6 is 0 Å². The van der Waals surface area contributed by atoms with E-state index >= 15 is 0 Å². The summed E-state index contributed by atoms with van der Waals surface area (Å²) in [5, 5.41) is 1.12. The average molecular weight is 340 g/mol. The van der Waals surface area contributed by atoms with Crippen LogP contribution in [0.15, 0.2) is 45.8 Å². The smallest absolute Gasteiger partial charge is 0.291 e. The number of fused-ring (bicyclic) bond motifs is 1. The third kappa shape index (κ3) is 3.17. The molecule has 0 unspecified atom stereocenters. The molecule has 0 aliphatic carbocycles. The number of nitrogens with zero attached hydrogens (tertiary/aromatic N) is 2. The van der Waals surface area contributed by atoms with Crippen molar-refractivity contribution < 1.29 is 18.4 Å². The van der Waals surface area contributed by atoms with Crippen LogP contribution in [0.2, 0.25) is 0 Å². The highest BCUT2D eigenvalue weighted by atomic mass is 16.5. The molecular weight excluding hydrogens is 320 g/mol. The van der Waals surface area contributed by atoms with Gasteiger partial charge < -0.3 is 18.5 Å². The highest BCUT2D eigenvalue weighted by Crippen LogP contribution is 2.24. The van der Waals surface area contributed by atoms with Crippen LogP contribution in [0.3, 0.4) is 0 Å². The van der Waals surface area contributed by atoms with Gasteiger partial charge in [0, 0.05) is 24.4 Å². The van der Waals surface area contributed by atoms with Crippen molar-refractivity contribution in [2.45, 2.75) is 13.3 Å². The molecule has 130 valence electrons. The molecule has 0 saturated carbocycles. The summed E-state index contributed by atoms with van der Waals surface area (Å²) in [5.41, 5.74) is 2.72. The second-order valence-electron chi connectivity index (χ2n) is 6.41. The first kappa shape index (κ1) is 15.9. The fraction of sp³-hybridized carbons (Fsp3) is 0.368. The highest BCUT2D eigenvalue weighted by Gasteiger charge is 2.27. The summed E-state index contributed by atoms with van der Waals surface area (Å²) in [7, 11) is 0. The van der Waals surface area contributed by atoms with Crippen LogP contribution in [0.5, 0.6) is 0 Å². The normalized spacial score (nSPS) is 18.4. The number of oxazole rings is 1. The third-order valence-electron chi connectivity index (χ3n) is 4.66. The van der Waals surface area contributed by atoms with Crippen molar-refractivity contribution in [1.29, 1.82) is 0 Å². The largest absolute Gasteiger partial charge is 0.464 e. The van der Waals surface area contributed by atoms with Gasteiger partial charge in [0.05, 0.1) is 25.2 Å². The van der Waals surface area contributed by atoms with E-state index in [1.165, 1.54) is 12.0 Å². The van der Waals surface area contributed by atoms with Gasteiger partial charge in [0.1, 0.15) is 5.58 Å². The first-order valence-electron chi connectivity index (χ1n) is 8.44. The van der Waals surface area contributed by atoms with E-state index in [4.69, 9.17) is 13.6 Å². The molecule has 3 aromatic rings. The number of amides is 1. The summed E-state index contributed by atoms with van der Waals surface area (Å²) >= 11 is 0. The van der Waals surface area contributed by atoms with Gasteiger partial charge >= 0.3 is 0 Å².